The van der Waals surface area contributed by atoms with Crippen molar-refractivity contribution in [2.75, 3.05) is 65.7 Å². The van der Waals surface area contributed by atoms with E-state index in [1.807, 2.05) is 49.2 Å². The Balaban J connectivity index is 0.000000247. The molecule has 2 aliphatic heterocycles. The number of hydrogen-bond donors (Lipinski definition) is 7. The van der Waals surface area contributed by atoms with E-state index in [-0.39, 0.29) is 64.7 Å². The Morgan fingerprint density at radius 1 is 0.679 bits per heavy atom. The Labute approximate surface area is 466 Å². The Kier molecular flexibility index (Phi) is 24.2. The van der Waals surface area contributed by atoms with Gasteiger partial charge in [0.2, 0.25) is 10.0 Å². The third-order valence-electron chi connectivity index (χ3n) is 13.5. The summed E-state index contributed by atoms with van der Waals surface area (Å²) in [6, 6.07) is 8.92. The molecule has 2 saturated heterocycles. The second-order valence-corrected chi connectivity index (χ2v) is 23.5. The van der Waals surface area contributed by atoms with Crippen molar-refractivity contribution in [1.29, 1.82) is 0 Å². The minimum absolute atomic E-state index is 0. The summed E-state index contributed by atoms with van der Waals surface area (Å²) in [4.78, 5) is 42.9. The SMILES string of the molecule is CCCOc1ccc(S(=O)(=O)Cl)cc1-c1nc2c(CCC)cn(CC)c2c(=O)[nH]1.CCCOc1ccc(S(=O)(=O)N2CCN([C@@H](O)CO)CC2)cc1-c1nc2c(CCC)cn(CC)c2c(=O)[nH]1.Cl.OC[C@H](O)C1CCNCC1. The van der Waals surface area contributed by atoms with Crippen molar-refractivity contribution in [3.05, 3.63) is 80.6 Å². The van der Waals surface area contributed by atoms with Crippen molar-refractivity contribution in [1.82, 2.24) is 43.6 Å². The first kappa shape index (κ1) is 63.9. The minimum atomic E-state index is -3.95. The average molecular weight is 1170 g/mol. The van der Waals surface area contributed by atoms with E-state index in [0.717, 1.165) is 75.6 Å². The zero-order valence-corrected chi connectivity index (χ0v) is 48.5. The standard InChI is InChI=1S/C26H37N5O6S.C20H24ClN3O4S.C7H15NO2.ClH/c1-4-7-18-16-29(6-3)24-23(18)27-25(28-26(24)34)20-15-19(8-9-21(20)37-14-5-2)38(35,36)31-12-10-30(11-13-31)22(33)17-32;1-4-7-13-12-24(6-3)18-17(13)22-19(23-20(18)25)15-11-14(29(21,26)27)8-9-16(15)28-10-5-2;9-5-7(10)6-1-3-8-4-2-6;/h8-9,15-16,22,32-33H,4-7,10-14,17H2,1-3H3,(H,27,28,34);8-9,11-12H,4-7,10H2,1-3H3,(H,22,23,25);6-10H,1-5H2;1H/t22-;;7-;/m0.0./s1. The van der Waals surface area contributed by atoms with E-state index in [1.54, 1.807) is 11.0 Å². The molecule has 0 saturated carbocycles. The maximum Gasteiger partial charge on any atom is 0.275 e. The quantitative estimate of drug-likeness (QED) is 0.0431. The maximum atomic E-state index is 13.6. The molecule has 0 bridgehead atoms. The number of fused-ring (bicyclic) bond motifs is 2. The summed E-state index contributed by atoms with van der Waals surface area (Å²) in [5.74, 6) is 1.70. The van der Waals surface area contributed by atoms with Crippen LogP contribution in [0.2, 0.25) is 0 Å². The highest BCUT2D eigenvalue weighted by atomic mass is 35.7. The lowest BCUT2D eigenvalue weighted by Gasteiger charge is -2.36. The number of hydrogen-bond acceptors (Lipinski definition) is 16. The number of piperidine rings is 1. The summed E-state index contributed by atoms with van der Waals surface area (Å²) in [6.07, 6.45) is 9.27. The number of aliphatic hydroxyl groups is 4. The van der Waals surface area contributed by atoms with Crippen molar-refractivity contribution >= 4 is 64.2 Å². The zero-order chi connectivity index (χ0) is 56.0. The third kappa shape index (κ3) is 15.3. The van der Waals surface area contributed by atoms with Gasteiger partial charge in [-0.1, -0.05) is 40.5 Å². The molecule has 7 N–H and O–H groups in total. The van der Waals surface area contributed by atoms with Crippen molar-refractivity contribution in [2.45, 2.75) is 128 Å². The molecular formula is C53H77Cl2N9O12S2. The summed E-state index contributed by atoms with van der Waals surface area (Å²) in [5.41, 5.74) is 4.41. The van der Waals surface area contributed by atoms with Gasteiger partial charge in [0.05, 0.1) is 64.5 Å². The number of nitrogens with zero attached hydrogens (tertiary/aromatic N) is 6. The zero-order valence-electron chi connectivity index (χ0n) is 45.3. The van der Waals surface area contributed by atoms with Gasteiger partial charge in [-0.25, -0.2) is 26.8 Å². The van der Waals surface area contributed by atoms with Gasteiger partial charge in [0.1, 0.15) is 40.4 Å². The number of ether oxygens (including phenoxy) is 2. The summed E-state index contributed by atoms with van der Waals surface area (Å²) in [7, 11) is -2.29. The smallest absolute Gasteiger partial charge is 0.275 e. The topological polar surface area (TPSA) is 288 Å². The van der Waals surface area contributed by atoms with Gasteiger partial charge in [0.15, 0.2) is 0 Å². The third-order valence-corrected chi connectivity index (χ3v) is 16.8. The fourth-order valence-corrected chi connectivity index (χ4v) is 11.7. The summed E-state index contributed by atoms with van der Waals surface area (Å²) >= 11 is 0. The number of sulfonamides is 1. The second-order valence-electron chi connectivity index (χ2n) is 19.0. The van der Waals surface area contributed by atoms with Crippen LogP contribution in [0.3, 0.4) is 0 Å². The monoisotopic (exact) mass is 1170 g/mol. The molecular weight excluding hydrogens is 1090 g/mol. The molecule has 2 atom stereocenters. The van der Waals surface area contributed by atoms with Crippen LogP contribution in [0.5, 0.6) is 11.5 Å². The van der Waals surface area contributed by atoms with Gasteiger partial charge in [0.25, 0.3) is 20.2 Å². The average Bonchev–Trinajstić information content (AvgIpc) is 4.05. The van der Waals surface area contributed by atoms with Crippen LogP contribution in [-0.4, -0.2) is 154 Å². The first-order valence-electron chi connectivity index (χ1n) is 26.6. The van der Waals surface area contributed by atoms with E-state index in [2.05, 4.69) is 29.1 Å². The van der Waals surface area contributed by atoms with Crippen LogP contribution in [-0.2, 0) is 45.0 Å². The first-order valence-corrected chi connectivity index (χ1v) is 30.4. The molecule has 21 nitrogen and oxygen atoms in total. The molecule has 0 unspecified atom stereocenters. The number of nitrogens with one attached hydrogen (secondary N) is 3. The van der Waals surface area contributed by atoms with E-state index in [9.17, 15) is 41.7 Å². The number of aromatic amines is 2. The number of halogens is 2. The molecule has 0 aliphatic carbocycles. The summed E-state index contributed by atoms with van der Waals surface area (Å²) in [6.45, 7) is 16.5. The van der Waals surface area contributed by atoms with Gasteiger partial charge in [-0.05, 0) is 119 Å². The predicted molar refractivity (Wildman–Crippen MR) is 305 cm³/mol. The van der Waals surface area contributed by atoms with Crippen LogP contribution >= 0.6 is 23.1 Å². The van der Waals surface area contributed by atoms with Gasteiger partial charge in [-0.15, -0.1) is 12.4 Å². The van der Waals surface area contributed by atoms with Crippen molar-refractivity contribution in [3.63, 3.8) is 0 Å². The predicted octanol–water partition coefficient (Wildman–Crippen LogP) is 5.61. The molecule has 8 rings (SSSR count). The first-order chi connectivity index (χ1) is 36.9. The number of benzene rings is 2. The van der Waals surface area contributed by atoms with Crippen molar-refractivity contribution in [2.24, 2.45) is 5.92 Å². The number of H-pyrrole nitrogens is 2. The lowest BCUT2D eigenvalue weighted by Crippen LogP contribution is -2.52. The molecule has 6 aromatic rings. The highest BCUT2D eigenvalue weighted by molar-refractivity contribution is 8.13. The number of aromatic nitrogens is 6. The van der Waals surface area contributed by atoms with Gasteiger partial charge in [-0.2, -0.15) is 4.31 Å². The van der Waals surface area contributed by atoms with Gasteiger partial charge < -0.3 is 54.3 Å². The van der Waals surface area contributed by atoms with Gasteiger partial charge in [-0.3, -0.25) is 14.5 Å². The molecule has 2 fully saturated rings. The Morgan fingerprint density at radius 3 is 1.55 bits per heavy atom. The Hall–Kier alpha value is -4.92. The maximum absolute atomic E-state index is 13.6. The summed E-state index contributed by atoms with van der Waals surface area (Å²) < 4.78 is 67.6. The van der Waals surface area contributed by atoms with Gasteiger partial charge in [0, 0.05) is 62.3 Å². The fourth-order valence-electron chi connectivity index (χ4n) is 9.46. The van der Waals surface area contributed by atoms with E-state index in [0.29, 0.717) is 90.0 Å². The Morgan fingerprint density at radius 2 is 1.14 bits per heavy atom. The van der Waals surface area contributed by atoms with Crippen LogP contribution in [0.1, 0.15) is 91.2 Å². The lowest BCUT2D eigenvalue weighted by molar-refractivity contribution is -0.0471. The summed E-state index contributed by atoms with van der Waals surface area (Å²) in [5, 5.41) is 40.1. The number of aryl methyl sites for hydroxylation is 4. The molecule has 0 spiro atoms. The van der Waals surface area contributed by atoms with Crippen LogP contribution in [0, 0.1) is 5.92 Å². The highest BCUT2D eigenvalue weighted by Crippen LogP contribution is 2.35. The largest absolute Gasteiger partial charge is 0.493 e. The molecule has 0 amide bonds. The molecule has 25 heteroatoms. The molecule has 2 aromatic carbocycles. The van der Waals surface area contributed by atoms with Crippen molar-refractivity contribution in [3.8, 4) is 34.3 Å². The lowest BCUT2D eigenvalue weighted by atomic mass is 9.93. The van der Waals surface area contributed by atoms with E-state index in [4.69, 9.17) is 35.2 Å². The molecule has 0 radical (unpaired) electrons. The van der Waals surface area contributed by atoms with Crippen LogP contribution < -0.4 is 25.9 Å². The fraction of sp³-hybridized carbons (Fsp3) is 0.547. The van der Waals surface area contributed by atoms with Crippen LogP contribution in [0.25, 0.3) is 44.8 Å². The number of aliphatic hydroxyl groups excluding tert-OH is 4. The Bertz CT molecular complexity index is 3260. The number of piperazine rings is 1. The highest BCUT2D eigenvalue weighted by Gasteiger charge is 2.32. The van der Waals surface area contributed by atoms with Crippen molar-refractivity contribution < 1.29 is 46.7 Å². The number of rotatable bonds is 21. The van der Waals surface area contributed by atoms with Gasteiger partial charge >= 0.3 is 0 Å². The molecule has 432 valence electrons. The minimum Gasteiger partial charge on any atom is -0.493 e. The van der Waals surface area contributed by atoms with Crippen LogP contribution in [0.4, 0.5) is 0 Å². The molecule has 6 heterocycles. The molecule has 2 aliphatic rings. The normalized spacial score (nSPS) is 15.5. The van der Waals surface area contributed by atoms with E-state index < -0.39 is 38.0 Å². The second kappa shape index (κ2) is 29.5. The van der Waals surface area contributed by atoms with E-state index in [1.165, 1.54) is 34.6 Å². The molecule has 78 heavy (non-hydrogen) atoms. The van der Waals surface area contributed by atoms with E-state index >= 15 is 0 Å². The van der Waals surface area contributed by atoms with Crippen LogP contribution in [0.15, 0.2) is 68.2 Å². The molecule has 4 aromatic heterocycles.